The van der Waals surface area contributed by atoms with Crippen LogP contribution < -0.4 is 16.4 Å². The number of amides is 1. The third-order valence-electron chi connectivity index (χ3n) is 6.14. The van der Waals surface area contributed by atoms with Crippen molar-refractivity contribution >= 4 is 40.2 Å². The van der Waals surface area contributed by atoms with Gasteiger partial charge < -0.3 is 21.4 Å². The number of anilines is 2. The number of benzene rings is 1. The molecule has 8 nitrogen and oxygen atoms in total. The van der Waals surface area contributed by atoms with E-state index in [-0.39, 0.29) is 11.9 Å². The van der Waals surface area contributed by atoms with Crippen molar-refractivity contribution in [3.63, 3.8) is 0 Å². The smallest absolute Gasteiger partial charge is 0.220 e. The van der Waals surface area contributed by atoms with E-state index in [4.69, 9.17) is 11.1 Å². The van der Waals surface area contributed by atoms with E-state index in [9.17, 15) is 4.79 Å². The Kier molecular flexibility index (Phi) is 7.25. The van der Waals surface area contributed by atoms with Gasteiger partial charge in [0.05, 0.1) is 28.0 Å². The highest BCUT2D eigenvalue weighted by molar-refractivity contribution is 6.18. The van der Waals surface area contributed by atoms with Gasteiger partial charge in [0.1, 0.15) is 11.6 Å². The van der Waals surface area contributed by atoms with Gasteiger partial charge in [0.15, 0.2) is 0 Å². The van der Waals surface area contributed by atoms with E-state index in [1.54, 1.807) is 6.20 Å². The molecule has 0 saturated heterocycles. The van der Waals surface area contributed by atoms with E-state index in [1.807, 2.05) is 32.0 Å². The zero-order valence-electron chi connectivity index (χ0n) is 19.9. The molecule has 8 heteroatoms. The quantitative estimate of drug-likeness (QED) is 0.359. The zero-order valence-corrected chi connectivity index (χ0v) is 19.9. The lowest BCUT2D eigenvalue weighted by atomic mass is 9.98. The Labute approximate surface area is 200 Å². The molecule has 1 aliphatic heterocycles. The number of carbonyl (C=O) groups is 1. The Morgan fingerprint density at radius 3 is 2.94 bits per heavy atom. The molecule has 4 rings (SSSR count). The lowest BCUT2D eigenvalue weighted by Gasteiger charge is -2.19. The molecule has 1 aromatic carbocycles. The van der Waals surface area contributed by atoms with Crippen LogP contribution in [0.4, 0.5) is 11.5 Å². The van der Waals surface area contributed by atoms with Crippen molar-refractivity contribution in [1.82, 2.24) is 20.3 Å². The number of allylic oxidation sites excluding steroid dienone is 1. The number of H-pyrrole nitrogens is 1. The van der Waals surface area contributed by atoms with E-state index in [0.29, 0.717) is 30.1 Å². The highest BCUT2D eigenvalue weighted by atomic mass is 16.1. The predicted molar refractivity (Wildman–Crippen MR) is 138 cm³/mol. The minimum Gasteiger partial charge on any atom is -0.384 e. The van der Waals surface area contributed by atoms with E-state index in [1.165, 1.54) is 0 Å². The van der Waals surface area contributed by atoms with Crippen molar-refractivity contribution in [2.24, 2.45) is 0 Å². The number of carbonyl (C=O) groups excluding carboxylic acids is 1. The molecule has 0 aliphatic carbocycles. The highest BCUT2D eigenvalue weighted by Gasteiger charge is 2.19. The van der Waals surface area contributed by atoms with Gasteiger partial charge in [-0.2, -0.15) is 0 Å². The molecule has 0 saturated carbocycles. The number of nitrogen functional groups attached to an aromatic ring is 1. The molecule has 2 aromatic heterocycles. The van der Waals surface area contributed by atoms with Crippen LogP contribution in [-0.2, 0) is 4.79 Å². The summed E-state index contributed by atoms with van der Waals surface area (Å²) >= 11 is 0. The first-order chi connectivity index (χ1) is 16.4. The summed E-state index contributed by atoms with van der Waals surface area (Å²) in [6.45, 7) is 4.56. The Bertz CT molecular complexity index is 1230. The second-order valence-corrected chi connectivity index (χ2v) is 8.96. The van der Waals surface area contributed by atoms with Crippen LogP contribution in [0.25, 0.3) is 17.1 Å². The van der Waals surface area contributed by atoms with Crippen LogP contribution >= 0.6 is 0 Å². The fraction of sp³-hybridized carbons (Fsp3) is 0.385. The number of rotatable bonds is 2. The van der Waals surface area contributed by atoms with Crippen LogP contribution in [0.15, 0.2) is 30.5 Å². The maximum Gasteiger partial charge on any atom is 0.220 e. The number of pyridine rings is 1. The predicted octanol–water partition coefficient (Wildman–Crippen LogP) is 4.55. The molecule has 0 spiro atoms. The van der Waals surface area contributed by atoms with Gasteiger partial charge in [-0.3, -0.25) is 10.2 Å². The van der Waals surface area contributed by atoms with Crippen LogP contribution in [0, 0.1) is 12.3 Å². The van der Waals surface area contributed by atoms with E-state index < -0.39 is 0 Å². The van der Waals surface area contributed by atoms with Crippen molar-refractivity contribution in [2.45, 2.75) is 58.4 Å². The molecule has 178 valence electrons. The maximum absolute atomic E-state index is 12.2. The number of hydrogen-bond donors (Lipinski definition) is 5. The van der Waals surface area contributed by atoms with Crippen LogP contribution in [0.1, 0.15) is 68.0 Å². The molecule has 0 bridgehead atoms. The van der Waals surface area contributed by atoms with E-state index >= 15 is 0 Å². The fourth-order valence-corrected chi connectivity index (χ4v) is 4.32. The lowest BCUT2D eigenvalue weighted by molar-refractivity contribution is -0.121. The van der Waals surface area contributed by atoms with Crippen LogP contribution in [0.5, 0.6) is 0 Å². The van der Waals surface area contributed by atoms with Gasteiger partial charge >= 0.3 is 0 Å². The molecular weight excluding hydrogens is 426 g/mol. The largest absolute Gasteiger partial charge is 0.384 e. The standard InChI is InChI=1S/C26H33N7O/c1-16-12-13-29-25-19(8-6-4-3-5-7-9-22(34)31-16)15-30-26(28)23(25)24(27)18-10-11-20-21(14-18)33-17(2)32-20/h6,8,10-11,14-16,27,29H,3-5,7,9,12-13H2,1-2H3,(H2,28,30)(H,31,34)(H,32,33)/t16-/m1/s1. The number of hydrogen-bond acceptors (Lipinski definition) is 6. The van der Waals surface area contributed by atoms with Crippen LogP contribution in [0.3, 0.4) is 0 Å². The SMILES string of the molecule is Cc1nc2ccc(C(=N)c3c(N)ncc4c3NCC[C@@H](C)NC(=O)CCCCCC=C4)cc2[nH]1. The molecule has 0 unspecified atom stereocenters. The summed E-state index contributed by atoms with van der Waals surface area (Å²) in [6.07, 6.45) is 11.1. The Hall–Kier alpha value is -3.68. The van der Waals surface area contributed by atoms with Gasteiger partial charge in [0, 0.05) is 36.3 Å². The maximum atomic E-state index is 12.2. The van der Waals surface area contributed by atoms with Crippen molar-refractivity contribution in [1.29, 1.82) is 5.41 Å². The van der Waals surface area contributed by atoms with Gasteiger partial charge in [0.25, 0.3) is 0 Å². The number of aromatic amines is 1. The fourth-order valence-electron chi connectivity index (χ4n) is 4.32. The average molecular weight is 460 g/mol. The number of nitrogens with zero attached hydrogens (tertiary/aromatic N) is 2. The molecule has 0 fully saturated rings. The number of nitrogens with one attached hydrogen (secondary N) is 4. The zero-order chi connectivity index (χ0) is 24.1. The average Bonchev–Trinajstić information content (AvgIpc) is 3.17. The molecule has 6 N–H and O–H groups in total. The topological polar surface area (TPSA) is 133 Å². The minimum absolute atomic E-state index is 0.0530. The monoisotopic (exact) mass is 459 g/mol. The van der Waals surface area contributed by atoms with E-state index in [0.717, 1.165) is 65.8 Å². The normalized spacial score (nSPS) is 17.8. The first-order valence-electron chi connectivity index (χ1n) is 12.0. The molecule has 3 aromatic rings. The van der Waals surface area contributed by atoms with Crippen LogP contribution in [-0.4, -0.2) is 39.2 Å². The number of imidazole rings is 1. The molecule has 1 aliphatic rings. The third kappa shape index (κ3) is 5.44. The van der Waals surface area contributed by atoms with E-state index in [2.05, 4.69) is 37.7 Å². The minimum atomic E-state index is 0.0530. The summed E-state index contributed by atoms with van der Waals surface area (Å²) in [6, 6.07) is 5.78. The molecule has 3 heterocycles. The summed E-state index contributed by atoms with van der Waals surface area (Å²) in [5, 5.41) is 15.6. The third-order valence-corrected chi connectivity index (χ3v) is 6.14. The number of fused-ring (bicyclic) bond motifs is 2. The summed E-state index contributed by atoms with van der Waals surface area (Å²) in [5.41, 5.74) is 11.4. The first-order valence-corrected chi connectivity index (χ1v) is 12.0. The van der Waals surface area contributed by atoms with Crippen LogP contribution in [0.2, 0.25) is 0 Å². The molecule has 34 heavy (non-hydrogen) atoms. The summed E-state index contributed by atoms with van der Waals surface area (Å²) < 4.78 is 0. The Balaban J connectivity index is 1.69. The lowest BCUT2D eigenvalue weighted by Crippen LogP contribution is -2.33. The van der Waals surface area contributed by atoms with Gasteiger partial charge in [0.2, 0.25) is 5.91 Å². The van der Waals surface area contributed by atoms with Crippen molar-refractivity contribution < 1.29 is 4.79 Å². The number of nitrogens with two attached hydrogens (primary N) is 1. The summed E-state index contributed by atoms with van der Waals surface area (Å²) in [7, 11) is 0. The van der Waals surface area contributed by atoms with Gasteiger partial charge in [-0.15, -0.1) is 0 Å². The summed E-state index contributed by atoms with van der Waals surface area (Å²) in [5.74, 6) is 1.25. The summed E-state index contributed by atoms with van der Waals surface area (Å²) in [4.78, 5) is 24.3. The molecule has 0 radical (unpaired) electrons. The highest BCUT2D eigenvalue weighted by Crippen LogP contribution is 2.30. The van der Waals surface area contributed by atoms with Crippen molar-refractivity contribution in [3.05, 3.63) is 53.0 Å². The van der Waals surface area contributed by atoms with Crippen molar-refractivity contribution in [3.8, 4) is 0 Å². The molecule has 1 atom stereocenters. The Morgan fingerprint density at radius 2 is 2.09 bits per heavy atom. The van der Waals surface area contributed by atoms with Gasteiger partial charge in [-0.05, 0) is 51.7 Å². The second-order valence-electron chi connectivity index (χ2n) is 8.96. The first kappa shape index (κ1) is 23.5. The van der Waals surface area contributed by atoms with Gasteiger partial charge in [-0.25, -0.2) is 9.97 Å². The second kappa shape index (κ2) is 10.5. The molecule has 1 amide bonds. The number of aromatic nitrogens is 3. The number of aryl methyl sites for hydroxylation is 1. The Morgan fingerprint density at radius 1 is 1.24 bits per heavy atom. The van der Waals surface area contributed by atoms with Crippen molar-refractivity contribution in [2.75, 3.05) is 17.6 Å². The molecular formula is C26H33N7O. The van der Waals surface area contributed by atoms with Gasteiger partial charge in [-0.1, -0.05) is 24.6 Å².